The Morgan fingerprint density at radius 1 is 1.33 bits per heavy atom. The highest BCUT2D eigenvalue weighted by Crippen LogP contribution is 2.34. The fraction of sp³-hybridized carbons (Fsp3) is 0.227. The van der Waals surface area contributed by atoms with Crippen LogP contribution in [0.25, 0.3) is 16.5 Å². The summed E-state index contributed by atoms with van der Waals surface area (Å²) in [5.74, 6) is 0.694. The smallest absolute Gasteiger partial charge is 0.132 e. The van der Waals surface area contributed by atoms with Gasteiger partial charge in [-0.25, -0.2) is 9.37 Å². The van der Waals surface area contributed by atoms with E-state index in [9.17, 15) is 4.39 Å². The van der Waals surface area contributed by atoms with Crippen molar-refractivity contribution in [3.63, 3.8) is 0 Å². The summed E-state index contributed by atoms with van der Waals surface area (Å²) in [7, 11) is 0. The quantitative estimate of drug-likeness (QED) is 0.599. The Morgan fingerprint density at radius 3 is 2.93 bits per heavy atom. The molecule has 1 fully saturated rings. The molecule has 5 heteroatoms. The molecule has 0 radical (unpaired) electrons. The van der Waals surface area contributed by atoms with Gasteiger partial charge in [0.2, 0.25) is 0 Å². The number of benzene rings is 1. The molecule has 1 aromatic carbocycles. The van der Waals surface area contributed by atoms with Gasteiger partial charge in [0.15, 0.2) is 0 Å². The van der Waals surface area contributed by atoms with Crippen molar-refractivity contribution < 1.29 is 4.39 Å². The molecule has 0 bridgehead atoms. The fourth-order valence-electron chi connectivity index (χ4n) is 3.76. The number of nitrogens with zero attached hydrogens (tertiary/aromatic N) is 2. The molecule has 27 heavy (non-hydrogen) atoms. The molecule has 1 N–H and O–H groups in total. The molecule has 1 saturated heterocycles. The van der Waals surface area contributed by atoms with E-state index in [0.717, 1.165) is 52.0 Å². The standard InChI is InChI=1S/C22H21ClFN3/c1-13-5-7-27(22-14(2)8-17(23)11-26-22)12-19(13)15(3)18-9-16-4-6-25-21(16)10-20(18)24/h4,6,8-11,25H,1,5,7,12H2,2-3H3/b19-15+. The molecular formula is C22H21ClFN3. The lowest BCUT2D eigenvalue weighted by molar-refractivity contribution is 0.625. The maximum absolute atomic E-state index is 14.7. The van der Waals surface area contributed by atoms with Crippen LogP contribution in [0.2, 0.25) is 5.02 Å². The van der Waals surface area contributed by atoms with Crippen LogP contribution in [0.4, 0.5) is 10.2 Å². The van der Waals surface area contributed by atoms with E-state index in [-0.39, 0.29) is 5.82 Å². The van der Waals surface area contributed by atoms with E-state index in [4.69, 9.17) is 11.6 Å². The molecule has 1 aliphatic heterocycles. The number of H-pyrrole nitrogens is 1. The highest BCUT2D eigenvalue weighted by atomic mass is 35.5. The summed E-state index contributed by atoms with van der Waals surface area (Å²) in [6.45, 7) is 9.71. The van der Waals surface area contributed by atoms with Crippen molar-refractivity contribution in [1.82, 2.24) is 9.97 Å². The number of aryl methyl sites for hydroxylation is 1. The molecular weight excluding hydrogens is 361 g/mol. The molecule has 0 atom stereocenters. The first-order chi connectivity index (χ1) is 12.9. The van der Waals surface area contributed by atoms with Gasteiger partial charge >= 0.3 is 0 Å². The predicted molar refractivity (Wildman–Crippen MR) is 111 cm³/mol. The molecule has 0 unspecified atom stereocenters. The van der Waals surface area contributed by atoms with Crippen LogP contribution in [0.15, 0.2) is 54.4 Å². The Balaban J connectivity index is 1.75. The third kappa shape index (κ3) is 3.26. The molecule has 0 aliphatic carbocycles. The predicted octanol–water partition coefficient (Wildman–Crippen LogP) is 5.90. The fourth-order valence-corrected chi connectivity index (χ4v) is 3.97. The Morgan fingerprint density at radius 2 is 2.15 bits per heavy atom. The van der Waals surface area contributed by atoms with Gasteiger partial charge in [-0.2, -0.15) is 0 Å². The molecule has 3 aromatic rings. The highest BCUT2D eigenvalue weighted by Gasteiger charge is 2.23. The lowest BCUT2D eigenvalue weighted by Gasteiger charge is -2.33. The number of aromatic nitrogens is 2. The van der Waals surface area contributed by atoms with Crippen LogP contribution in [0, 0.1) is 12.7 Å². The number of hydrogen-bond acceptors (Lipinski definition) is 2. The van der Waals surface area contributed by atoms with Gasteiger partial charge < -0.3 is 9.88 Å². The first kappa shape index (κ1) is 17.8. The van der Waals surface area contributed by atoms with E-state index < -0.39 is 0 Å². The van der Waals surface area contributed by atoms with Crippen LogP contribution in [-0.4, -0.2) is 23.1 Å². The minimum absolute atomic E-state index is 0.222. The van der Waals surface area contributed by atoms with E-state index in [1.165, 1.54) is 0 Å². The number of nitrogens with one attached hydrogen (secondary N) is 1. The number of allylic oxidation sites excluding steroid dienone is 1. The molecule has 3 nitrogen and oxygen atoms in total. The number of anilines is 1. The minimum Gasteiger partial charge on any atom is -0.361 e. The largest absolute Gasteiger partial charge is 0.361 e. The first-order valence-electron chi connectivity index (χ1n) is 8.96. The summed E-state index contributed by atoms with van der Waals surface area (Å²) in [6.07, 6.45) is 4.32. The van der Waals surface area contributed by atoms with Crippen LogP contribution in [-0.2, 0) is 0 Å². The van der Waals surface area contributed by atoms with Gasteiger partial charge in [-0.05, 0) is 66.8 Å². The van der Waals surface area contributed by atoms with Crippen molar-refractivity contribution in [3.8, 4) is 0 Å². The minimum atomic E-state index is -0.222. The Kier molecular flexibility index (Phi) is 4.52. The lowest BCUT2D eigenvalue weighted by atomic mass is 9.91. The van der Waals surface area contributed by atoms with Crippen molar-refractivity contribution in [2.24, 2.45) is 0 Å². The normalized spacial score (nSPS) is 16.9. The summed E-state index contributed by atoms with van der Waals surface area (Å²) >= 11 is 6.05. The summed E-state index contributed by atoms with van der Waals surface area (Å²) in [5, 5.41) is 1.63. The summed E-state index contributed by atoms with van der Waals surface area (Å²) in [6, 6.07) is 7.34. The second-order valence-electron chi connectivity index (χ2n) is 7.07. The summed E-state index contributed by atoms with van der Waals surface area (Å²) in [4.78, 5) is 9.78. The maximum Gasteiger partial charge on any atom is 0.132 e. The van der Waals surface area contributed by atoms with Gasteiger partial charge in [0.05, 0.1) is 5.02 Å². The van der Waals surface area contributed by atoms with Crippen molar-refractivity contribution >= 4 is 33.9 Å². The zero-order valence-corrected chi connectivity index (χ0v) is 16.2. The van der Waals surface area contributed by atoms with Gasteiger partial charge in [-0.1, -0.05) is 18.2 Å². The summed E-state index contributed by atoms with van der Waals surface area (Å²) in [5.41, 5.74) is 5.53. The molecule has 0 saturated carbocycles. The molecule has 4 rings (SSSR count). The van der Waals surface area contributed by atoms with Gasteiger partial charge in [-0.15, -0.1) is 0 Å². The van der Waals surface area contributed by atoms with E-state index in [1.54, 1.807) is 12.3 Å². The lowest BCUT2D eigenvalue weighted by Crippen LogP contribution is -2.33. The molecule has 1 aliphatic rings. The van der Waals surface area contributed by atoms with Crippen molar-refractivity contribution in [1.29, 1.82) is 0 Å². The van der Waals surface area contributed by atoms with E-state index in [1.807, 2.05) is 38.2 Å². The van der Waals surface area contributed by atoms with Gasteiger partial charge in [0.1, 0.15) is 11.6 Å². The molecule has 2 aromatic heterocycles. The van der Waals surface area contributed by atoms with E-state index >= 15 is 0 Å². The third-order valence-corrected chi connectivity index (χ3v) is 5.48. The van der Waals surface area contributed by atoms with Crippen LogP contribution in [0.1, 0.15) is 24.5 Å². The van der Waals surface area contributed by atoms with E-state index in [0.29, 0.717) is 17.1 Å². The zero-order valence-electron chi connectivity index (χ0n) is 15.4. The van der Waals surface area contributed by atoms with Crippen LogP contribution < -0.4 is 4.90 Å². The van der Waals surface area contributed by atoms with Gasteiger partial charge in [0.25, 0.3) is 0 Å². The number of halogens is 2. The maximum atomic E-state index is 14.7. The topological polar surface area (TPSA) is 31.9 Å². The number of rotatable bonds is 2. The number of aromatic amines is 1. The van der Waals surface area contributed by atoms with Crippen molar-refractivity contribution in [3.05, 3.63) is 76.4 Å². The number of hydrogen-bond donors (Lipinski definition) is 1. The molecule has 138 valence electrons. The van der Waals surface area contributed by atoms with E-state index in [2.05, 4.69) is 21.4 Å². The zero-order chi connectivity index (χ0) is 19.1. The van der Waals surface area contributed by atoms with Crippen LogP contribution in [0.5, 0.6) is 0 Å². The SMILES string of the molecule is C=C1CCN(c2ncc(Cl)cc2C)C/C1=C(/C)c1cc2cc[nH]c2cc1F. The number of fused-ring (bicyclic) bond motifs is 1. The Labute approximate surface area is 163 Å². The first-order valence-corrected chi connectivity index (χ1v) is 9.34. The van der Waals surface area contributed by atoms with Gasteiger partial charge in [-0.3, -0.25) is 0 Å². The molecule has 3 heterocycles. The number of pyridine rings is 1. The molecule has 0 spiro atoms. The van der Waals surface area contributed by atoms with Crippen LogP contribution in [0.3, 0.4) is 0 Å². The van der Waals surface area contributed by atoms with Crippen molar-refractivity contribution in [2.75, 3.05) is 18.0 Å². The average molecular weight is 382 g/mol. The molecule has 0 amide bonds. The van der Waals surface area contributed by atoms with Crippen molar-refractivity contribution in [2.45, 2.75) is 20.3 Å². The third-order valence-electron chi connectivity index (χ3n) is 5.27. The Hall–Kier alpha value is -2.59. The highest BCUT2D eigenvalue weighted by molar-refractivity contribution is 6.30. The number of piperidine rings is 1. The monoisotopic (exact) mass is 381 g/mol. The second kappa shape index (κ2) is 6.86. The summed E-state index contributed by atoms with van der Waals surface area (Å²) < 4.78 is 14.7. The average Bonchev–Trinajstić information content (AvgIpc) is 3.08. The second-order valence-corrected chi connectivity index (χ2v) is 7.51. The van der Waals surface area contributed by atoms with Crippen LogP contribution >= 0.6 is 11.6 Å². The Bertz CT molecular complexity index is 1080. The van der Waals surface area contributed by atoms with Gasteiger partial charge in [0, 0.05) is 41.9 Å².